The molecule has 1 aliphatic carbocycles. The van der Waals surface area contributed by atoms with Crippen LogP contribution >= 0.6 is 0 Å². The molecule has 2 fully saturated rings. The standard InChI is InChI=1S/C15H28F2N4/c1-11(2)14(20(3)18)10-19-12-4-6-21(7-5-12)13-8-15(16,17)9-13/h10-13,19H,4-9,18H2,1-3H3/b14-10-. The van der Waals surface area contributed by atoms with Crippen LogP contribution in [-0.4, -0.2) is 48.1 Å². The first-order valence-electron chi connectivity index (χ1n) is 7.85. The molecule has 1 heterocycles. The van der Waals surface area contributed by atoms with E-state index < -0.39 is 5.92 Å². The summed E-state index contributed by atoms with van der Waals surface area (Å²) in [4.78, 5) is 2.22. The molecule has 0 radical (unpaired) electrons. The molecule has 1 saturated carbocycles. The molecule has 0 amide bonds. The topological polar surface area (TPSA) is 44.5 Å². The lowest BCUT2D eigenvalue weighted by molar-refractivity contribution is -0.127. The third-order valence-corrected chi connectivity index (χ3v) is 4.58. The van der Waals surface area contributed by atoms with Crippen molar-refractivity contribution >= 4 is 0 Å². The van der Waals surface area contributed by atoms with E-state index in [-0.39, 0.29) is 18.9 Å². The fourth-order valence-corrected chi connectivity index (χ4v) is 3.20. The molecule has 122 valence electrons. The number of nitrogens with two attached hydrogens (primary N) is 1. The molecule has 0 aromatic heterocycles. The minimum atomic E-state index is -2.42. The summed E-state index contributed by atoms with van der Waals surface area (Å²) in [6, 6.07) is 0.508. The normalized spacial score (nSPS) is 25.0. The van der Waals surface area contributed by atoms with E-state index >= 15 is 0 Å². The number of hydrogen-bond donors (Lipinski definition) is 2. The van der Waals surface area contributed by atoms with Crippen LogP contribution in [0.2, 0.25) is 0 Å². The van der Waals surface area contributed by atoms with E-state index in [0.29, 0.717) is 12.0 Å². The number of halogens is 2. The van der Waals surface area contributed by atoms with Crippen LogP contribution in [0.3, 0.4) is 0 Å². The molecule has 4 nitrogen and oxygen atoms in total. The van der Waals surface area contributed by atoms with Gasteiger partial charge in [-0.05, 0) is 18.8 Å². The number of hydrogen-bond acceptors (Lipinski definition) is 4. The van der Waals surface area contributed by atoms with E-state index in [9.17, 15) is 8.78 Å². The molecule has 0 atom stereocenters. The highest BCUT2D eigenvalue weighted by molar-refractivity contribution is 5.02. The van der Waals surface area contributed by atoms with Gasteiger partial charge < -0.3 is 10.3 Å². The molecule has 0 aromatic carbocycles. The Bertz CT molecular complexity index is 356. The number of piperidine rings is 1. The highest BCUT2D eigenvalue weighted by atomic mass is 19.3. The maximum atomic E-state index is 12.9. The number of nitrogens with zero attached hydrogens (tertiary/aromatic N) is 2. The van der Waals surface area contributed by atoms with Gasteiger partial charge in [0.15, 0.2) is 0 Å². The monoisotopic (exact) mass is 302 g/mol. The maximum Gasteiger partial charge on any atom is 0.251 e. The molecule has 21 heavy (non-hydrogen) atoms. The van der Waals surface area contributed by atoms with Gasteiger partial charge in [-0.15, -0.1) is 0 Å². The molecule has 6 heteroatoms. The summed E-state index contributed by atoms with van der Waals surface area (Å²) >= 11 is 0. The van der Waals surface area contributed by atoms with Crippen LogP contribution in [0.25, 0.3) is 0 Å². The Labute approximate surface area is 126 Å². The summed E-state index contributed by atoms with van der Waals surface area (Å²) in [7, 11) is 1.84. The average molecular weight is 302 g/mol. The Morgan fingerprint density at radius 2 is 1.90 bits per heavy atom. The minimum Gasteiger partial charge on any atom is -0.387 e. The van der Waals surface area contributed by atoms with E-state index in [0.717, 1.165) is 31.6 Å². The largest absolute Gasteiger partial charge is 0.387 e. The van der Waals surface area contributed by atoms with Gasteiger partial charge in [0, 0.05) is 57.0 Å². The van der Waals surface area contributed by atoms with Crippen LogP contribution in [0.1, 0.15) is 39.5 Å². The van der Waals surface area contributed by atoms with E-state index in [1.807, 2.05) is 13.2 Å². The van der Waals surface area contributed by atoms with Gasteiger partial charge in [0.2, 0.25) is 0 Å². The fraction of sp³-hybridized carbons (Fsp3) is 0.867. The van der Waals surface area contributed by atoms with Crippen molar-refractivity contribution in [2.45, 2.75) is 57.5 Å². The van der Waals surface area contributed by atoms with Crippen molar-refractivity contribution in [1.82, 2.24) is 15.2 Å². The summed E-state index contributed by atoms with van der Waals surface area (Å²) in [6.07, 6.45) is 4.08. The van der Waals surface area contributed by atoms with Crippen LogP contribution in [0.4, 0.5) is 8.78 Å². The number of likely N-dealkylation sites (tertiary alicyclic amines) is 1. The smallest absolute Gasteiger partial charge is 0.251 e. The molecule has 2 rings (SSSR count). The molecular formula is C15H28F2N4. The van der Waals surface area contributed by atoms with Gasteiger partial charge in [-0.2, -0.15) is 0 Å². The first-order chi connectivity index (χ1) is 9.78. The molecule has 1 aliphatic heterocycles. The highest BCUT2D eigenvalue weighted by Crippen LogP contribution is 2.41. The molecule has 0 bridgehead atoms. The van der Waals surface area contributed by atoms with Gasteiger partial charge in [-0.25, -0.2) is 14.6 Å². The maximum absolute atomic E-state index is 12.9. The van der Waals surface area contributed by atoms with E-state index in [2.05, 4.69) is 24.1 Å². The average Bonchev–Trinajstić information content (AvgIpc) is 2.36. The van der Waals surface area contributed by atoms with Crippen molar-refractivity contribution in [3.8, 4) is 0 Å². The summed E-state index contributed by atoms with van der Waals surface area (Å²) < 4.78 is 25.8. The Balaban J connectivity index is 1.75. The molecule has 0 unspecified atom stereocenters. The van der Waals surface area contributed by atoms with Crippen molar-refractivity contribution < 1.29 is 8.78 Å². The summed E-state index contributed by atoms with van der Waals surface area (Å²) in [5.74, 6) is 3.76. The van der Waals surface area contributed by atoms with Crippen LogP contribution in [-0.2, 0) is 0 Å². The molecule has 1 saturated heterocycles. The van der Waals surface area contributed by atoms with Crippen molar-refractivity contribution in [1.29, 1.82) is 0 Å². The van der Waals surface area contributed by atoms with E-state index in [4.69, 9.17) is 5.84 Å². The highest BCUT2D eigenvalue weighted by Gasteiger charge is 2.48. The van der Waals surface area contributed by atoms with E-state index in [1.54, 1.807) is 5.01 Å². The molecular weight excluding hydrogens is 274 g/mol. The number of hydrazine groups is 1. The second-order valence-corrected chi connectivity index (χ2v) is 6.73. The van der Waals surface area contributed by atoms with Crippen molar-refractivity contribution in [2.75, 3.05) is 20.1 Å². The molecule has 2 aliphatic rings. The summed E-state index contributed by atoms with van der Waals surface area (Å²) in [6.45, 7) is 6.02. The summed E-state index contributed by atoms with van der Waals surface area (Å²) in [5, 5.41) is 5.08. The third-order valence-electron chi connectivity index (χ3n) is 4.58. The third kappa shape index (κ3) is 4.30. The zero-order valence-electron chi connectivity index (χ0n) is 13.3. The van der Waals surface area contributed by atoms with Gasteiger partial charge in [0.05, 0.1) is 0 Å². The zero-order valence-corrected chi connectivity index (χ0v) is 13.3. The second-order valence-electron chi connectivity index (χ2n) is 6.73. The zero-order chi connectivity index (χ0) is 15.6. The van der Waals surface area contributed by atoms with Gasteiger partial charge in [-0.3, -0.25) is 4.90 Å². The lowest BCUT2D eigenvalue weighted by Gasteiger charge is -2.45. The lowest BCUT2D eigenvalue weighted by atomic mass is 9.85. The molecule has 0 spiro atoms. The first-order valence-corrected chi connectivity index (χ1v) is 7.85. The van der Waals surface area contributed by atoms with E-state index in [1.165, 1.54) is 0 Å². The SMILES string of the molecule is CC(C)/C(=C/NC1CCN(C2CC(F)(F)C2)CC1)N(C)N. The van der Waals surface area contributed by atoms with Gasteiger partial charge in [-0.1, -0.05) is 13.8 Å². The lowest BCUT2D eigenvalue weighted by Crippen LogP contribution is -2.54. The van der Waals surface area contributed by atoms with Crippen LogP contribution in [0, 0.1) is 5.92 Å². The Kier molecular flexibility index (Phi) is 5.09. The predicted molar refractivity (Wildman–Crippen MR) is 80.6 cm³/mol. The van der Waals surface area contributed by atoms with Gasteiger partial charge in [0.25, 0.3) is 5.92 Å². The number of nitrogens with one attached hydrogen (secondary N) is 1. The Hall–Kier alpha value is -0.880. The molecule has 3 N–H and O–H groups in total. The van der Waals surface area contributed by atoms with Crippen LogP contribution in [0.15, 0.2) is 11.9 Å². The van der Waals surface area contributed by atoms with Crippen molar-refractivity contribution in [2.24, 2.45) is 11.8 Å². The Morgan fingerprint density at radius 1 is 1.33 bits per heavy atom. The van der Waals surface area contributed by atoms with Crippen LogP contribution in [0.5, 0.6) is 0 Å². The number of alkyl halides is 2. The fourth-order valence-electron chi connectivity index (χ4n) is 3.20. The van der Waals surface area contributed by atoms with Gasteiger partial charge >= 0.3 is 0 Å². The van der Waals surface area contributed by atoms with Crippen molar-refractivity contribution in [3.05, 3.63) is 11.9 Å². The quantitative estimate of drug-likeness (QED) is 0.603. The van der Waals surface area contributed by atoms with Crippen molar-refractivity contribution in [3.63, 3.8) is 0 Å². The van der Waals surface area contributed by atoms with Gasteiger partial charge in [0.1, 0.15) is 0 Å². The summed E-state index contributed by atoms with van der Waals surface area (Å²) in [5.41, 5.74) is 1.07. The second kappa shape index (κ2) is 6.48. The number of rotatable bonds is 5. The Morgan fingerprint density at radius 3 is 2.33 bits per heavy atom. The predicted octanol–water partition coefficient (Wildman–Crippen LogP) is 2.14. The number of allylic oxidation sites excluding steroid dienone is 1. The first kappa shape index (κ1) is 16.5. The minimum absolute atomic E-state index is 0.0421. The molecule has 0 aromatic rings. The van der Waals surface area contributed by atoms with Crippen LogP contribution < -0.4 is 11.2 Å².